The van der Waals surface area contributed by atoms with Gasteiger partial charge in [-0.05, 0) is 24.6 Å². The number of carboxylic acids is 1. The van der Waals surface area contributed by atoms with Gasteiger partial charge in [0.2, 0.25) is 5.88 Å². The average Bonchev–Trinajstić information content (AvgIpc) is 2.36. The lowest BCUT2D eigenvalue weighted by molar-refractivity contribution is 0.0696. The van der Waals surface area contributed by atoms with Crippen LogP contribution in [-0.4, -0.2) is 16.1 Å². The Labute approximate surface area is 113 Å². The Kier molecular flexibility index (Phi) is 3.66. The van der Waals surface area contributed by atoms with E-state index in [4.69, 9.17) is 21.4 Å². The van der Waals surface area contributed by atoms with Crippen molar-refractivity contribution in [3.05, 3.63) is 52.4 Å². The molecule has 0 bridgehead atoms. The predicted octanol–water partition coefficient (Wildman–Crippen LogP) is 3.67. The van der Waals surface area contributed by atoms with E-state index < -0.39 is 11.8 Å². The molecule has 0 atom stereocenters. The smallest absolute Gasteiger partial charge is 0.337 e. The van der Waals surface area contributed by atoms with Gasteiger partial charge in [-0.15, -0.1) is 0 Å². The first-order valence-corrected chi connectivity index (χ1v) is 5.68. The summed E-state index contributed by atoms with van der Waals surface area (Å²) in [6.45, 7) is 1.62. The Bertz CT molecular complexity index is 646. The van der Waals surface area contributed by atoms with Gasteiger partial charge in [0.05, 0.1) is 5.56 Å². The molecule has 19 heavy (non-hydrogen) atoms. The number of hydrogen-bond acceptors (Lipinski definition) is 3. The number of aromatic nitrogens is 1. The van der Waals surface area contributed by atoms with Crippen LogP contribution in [0.1, 0.15) is 15.9 Å². The van der Waals surface area contributed by atoms with Crippen molar-refractivity contribution in [2.24, 2.45) is 0 Å². The first kappa shape index (κ1) is 13.3. The normalized spacial score (nSPS) is 10.3. The number of hydrogen-bond donors (Lipinski definition) is 1. The van der Waals surface area contributed by atoms with Crippen molar-refractivity contribution in [1.82, 2.24) is 4.98 Å². The average molecular weight is 282 g/mol. The Morgan fingerprint density at radius 1 is 1.42 bits per heavy atom. The molecule has 0 saturated carbocycles. The van der Waals surface area contributed by atoms with Crippen LogP contribution in [0.15, 0.2) is 30.5 Å². The standard InChI is InChI=1S/C13H9ClFNO3/c1-7-2-3-8(6-10(7)15)19-12-11(14)9(13(17)18)4-5-16-12/h2-6H,1H3,(H,17,18). The number of aromatic carboxylic acids is 1. The molecule has 2 rings (SSSR count). The van der Waals surface area contributed by atoms with Gasteiger partial charge in [0.25, 0.3) is 0 Å². The van der Waals surface area contributed by atoms with Gasteiger partial charge in [0, 0.05) is 12.3 Å². The van der Waals surface area contributed by atoms with E-state index in [1.54, 1.807) is 19.1 Å². The molecule has 4 nitrogen and oxygen atoms in total. The molecule has 0 radical (unpaired) electrons. The van der Waals surface area contributed by atoms with Crippen LogP contribution >= 0.6 is 11.6 Å². The van der Waals surface area contributed by atoms with Crippen LogP contribution in [0.4, 0.5) is 4.39 Å². The van der Waals surface area contributed by atoms with E-state index in [0.29, 0.717) is 5.56 Å². The van der Waals surface area contributed by atoms with E-state index in [1.807, 2.05) is 0 Å². The maximum Gasteiger partial charge on any atom is 0.337 e. The number of carboxylic acid groups (broad SMARTS) is 1. The van der Waals surface area contributed by atoms with Gasteiger partial charge in [-0.3, -0.25) is 0 Å². The van der Waals surface area contributed by atoms with Crippen LogP contribution in [0.25, 0.3) is 0 Å². The van der Waals surface area contributed by atoms with Crippen molar-refractivity contribution in [1.29, 1.82) is 0 Å². The highest BCUT2D eigenvalue weighted by atomic mass is 35.5. The third-order valence-electron chi connectivity index (χ3n) is 2.45. The van der Waals surface area contributed by atoms with Crippen molar-refractivity contribution < 1.29 is 19.0 Å². The number of benzene rings is 1. The minimum absolute atomic E-state index is 0.0789. The summed E-state index contributed by atoms with van der Waals surface area (Å²) in [4.78, 5) is 14.7. The van der Waals surface area contributed by atoms with Crippen LogP contribution in [0, 0.1) is 12.7 Å². The minimum Gasteiger partial charge on any atom is -0.478 e. The first-order chi connectivity index (χ1) is 8.99. The molecule has 0 aliphatic carbocycles. The summed E-state index contributed by atoms with van der Waals surface area (Å²) in [6.07, 6.45) is 1.26. The highest BCUT2D eigenvalue weighted by molar-refractivity contribution is 6.34. The topological polar surface area (TPSA) is 59.4 Å². The van der Waals surface area contributed by atoms with Gasteiger partial charge >= 0.3 is 5.97 Å². The fraction of sp³-hybridized carbons (Fsp3) is 0.0769. The second-order valence-corrected chi connectivity index (χ2v) is 4.17. The largest absolute Gasteiger partial charge is 0.478 e. The molecule has 1 N–H and O–H groups in total. The molecule has 2 aromatic rings. The fourth-order valence-corrected chi connectivity index (χ4v) is 1.64. The Morgan fingerprint density at radius 3 is 2.79 bits per heavy atom. The third kappa shape index (κ3) is 2.82. The molecule has 0 fully saturated rings. The Hall–Kier alpha value is -2.14. The number of aryl methyl sites for hydroxylation is 1. The zero-order valence-corrected chi connectivity index (χ0v) is 10.6. The van der Waals surface area contributed by atoms with E-state index in [9.17, 15) is 9.18 Å². The van der Waals surface area contributed by atoms with E-state index >= 15 is 0 Å². The molecule has 0 amide bonds. The molecule has 0 unspecified atom stereocenters. The van der Waals surface area contributed by atoms with Crippen LogP contribution < -0.4 is 4.74 Å². The van der Waals surface area contributed by atoms with E-state index in [0.717, 1.165) is 0 Å². The van der Waals surface area contributed by atoms with Crippen molar-refractivity contribution >= 4 is 17.6 Å². The summed E-state index contributed by atoms with van der Waals surface area (Å²) in [7, 11) is 0. The second-order valence-electron chi connectivity index (χ2n) is 3.80. The monoisotopic (exact) mass is 281 g/mol. The number of ether oxygens (including phenoxy) is 1. The van der Waals surface area contributed by atoms with Gasteiger partial charge in [-0.2, -0.15) is 0 Å². The molecule has 0 aliphatic rings. The summed E-state index contributed by atoms with van der Waals surface area (Å²) in [5.41, 5.74) is 0.352. The number of carbonyl (C=O) groups is 1. The summed E-state index contributed by atoms with van der Waals surface area (Å²) in [5.74, 6) is -1.50. The van der Waals surface area contributed by atoms with E-state index in [2.05, 4.69) is 4.98 Å². The van der Waals surface area contributed by atoms with Gasteiger partial charge in [0.1, 0.15) is 16.6 Å². The summed E-state index contributed by atoms with van der Waals surface area (Å²) >= 11 is 5.86. The van der Waals surface area contributed by atoms with Crippen LogP contribution in [0.5, 0.6) is 11.6 Å². The number of nitrogens with zero attached hydrogens (tertiary/aromatic N) is 1. The quantitative estimate of drug-likeness (QED) is 0.932. The van der Waals surface area contributed by atoms with E-state index in [1.165, 1.54) is 18.3 Å². The van der Waals surface area contributed by atoms with Crippen molar-refractivity contribution in [3.63, 3.8) is 0 Å². The molecule has 0 aliphatic heterocycles. The maximum absolute atomic E-state index is 13.4. The van der Waals surface area contributed by atoms with Gasteiger partial charge in [-0.25, -0.2) is 14.2 Å². The lowest BCUT2D eigenvalue weighted by atomic mass is 10.2. The highest BCUT2D eigenvalue weighted by Gasteiger charge is 2.15. The fourth-order valence-electron chi connectivity index (χ4n) is 1.41. The molecular weight excluding hydrogens is 273 g/mol. The van der Waals surface area contributed by atoms with Crippen molar-refractivity contribution in [2.75, 3.05) is 0 Å². The Balaban J connectivity index is 2.35. The lowest BCUT2D eigenvalue weighted by Crippen LogP contribution is -2.00. The zero-order valence-electron chi connectivity index (χ0n) is 9.85. The van der Waals surface area contributed by atoms with Crippen molar-refractivity contribution in [2.45, 2.75) is 6.92 Å². The van der Waals surface area contributed by atoms with Crippen LogP contribution in [0.3, 0.4) is 0 Å². The summed E-state index contributed by atoms with van der Waals surface area (Å²) < 4.78 is 18.7. The second kappa shape index (κ2) is 5.24. The molecule has 6 heteroatoms. The first-order valence-electron chi connectivity index (χ1n) is 5.31. The summed E-state index contributed by atoms with van der Waals surface area (Å²) in [6, 6.07) is 5.53. The van der Waals surface area contributed by atoms with Crippen molar-refractivity contribution in [3.8, 4) is 11.6 Å². The molecule has 0 spiro atoms. The van der Waals surface area contributed by atoms with Gasteiger partial charge in [-0.1, -0.05) is 17.7 Å². The number of halogens is 2. The molecule has 1 aromatic heterocycles. The maximum atomic E-state index is 13.4. The number of rotatable bonds is 3. The third-order valence-corrected chi connectivity index (χ3v) is 2.81. The number of pyridine rings is 1. The lowest BCUT2D eigenvalue weighted by Gasteiger charge is -2.08. The highest BCUT2D eigenvalue weighted by Crippen LogP contribution is 2.30. The predicted molar refractivity (Wildman–Crippen MR) is 67.4 cm³/mol. The molecule has 1 heterocycles. The molecular formula is C13H9ClFNO3. The van der Waals surface area contributed by atoms with E-state index in [-0.39, 0.29) is 22.2 Å². The molecule has 1 aromatic carbocycles. The van der Waals surface area contributed by atoms with Gasteiger partial charge in [0.15, 0.2) is 0 Å². The van der Waals surface area contributed by atoms with Gasteiger partial charge < -0.3 is 9.84 Å². The zero-order chi connectivity index (χ0) is 14.0. The van der Waals surface area contributed by atoms with Crippen LogP contribution in [0.2, 0.25) is 5.02 Å². The molecule has 98 valence electrons. The Morgan fingerprint density at radius 2 is 2.16 bits per heavy atom. The summed E-state index contributed by atoms with van der Waals surface area (Å²) in [5, 5.41) is 8.78. The molecule has 0 saturated heterocycles. The van der Waals surface area contributed by atoms with Crippen LogP contribution in [-0.2, 0) is 0 Å². The SMILES string of the molecule is Cc1ccc(Oc2nccc(C(=O)O)c2Cl)cc1F. The minimum atomic E-state index is -1.19.